The minimum absolute atomic E-state index is 0.721. The fraction of sp³-hybridized carbons (Fsp3) is 0.444. The maximum Gasteiger partial charge on any atom is 0.133 e. The maximum atomic E-state index is 8.86. The Bertz CT molecular complexity index is 671. The minimum atomic E-state index is 0.721. The molecule has 0 radical (unpaired) electrons. The molecule has 2 aromatic rings. The van der Waals surface area contributed by atoms with Crippen LogP contribution in [0.2, 0.25) is 0 Å². The van der Waals surface area contributed by atoms with Crippen LogP contribution in [-0.4, -0.2) is 41.1 Å². The predicted octanol–water partition coefficient (Wildman–Crippen LogP) is 2.56. The van der Waals surface area contributed by atoms with Crippen LogP contribution in [0, 0.1) is 18.3 Å². The van der Waals surface area contributed by atoms with E-state index in [1.54, 1.807) is 0 Å². The minimum Gasteiger partial charge on any atom is -0.361 e. The van der Waals surface area contributed by atoms with E-state index in [0.29, 0.717) is 0 Å². The number of aryl methyl sites for hydroxylation is 1. The van der Waals surface area contributed by atoms with Gasteiger partial charge < -0.3 is 4.52 Å². The second kappa shape index (κ2) is 7.40. The van der Waals surface area contributed by atoms with E-state index in [-0.39, 0.29) is 0 Å². The third-order valence-corrected chi connectivity index (χ3v) is 4.23. The van der Waals surface area contributed by atoms with Crippen LogP contribution in [0.4, 0.5) is 0 Å². The molecule has 120 valence electrons. The summed E-state index contributed by atoms with van der Waals surface area (Å²) < 4.78 is 5.15. The van der Waals surface area contributed by atoms with E-state index in [4.69, 9.17) is 9.78 Å². The van der Waals surface area contributed by atoms with Gasteiger partial charge in [0, 0.05) is 32.2 Å². The maximum absolute atomic E-state index is 8.86. The van der Waals surface area contributed by atoms with Crippen molar-refractivity contribution in [3.63, 3.8) is 0 Å². The lowest BCUT2D eigenvalue weighted by Gasteiger charge is -2.21. The van der Waals surface area contributed by atoms with E-state index in [1.165, 1.54) is 5.56 Å². The topological polar surface area (TPSA) is 56.3 Å². The molecule has 5 heteroatoms. The number of nitrogens with zero attached hydrogens (tertiary/aromatic N) is 4. The van der Waals surface area contributed by atoms with Gasteiger partial charge in [-0.05, 0) is 44.1 Å². The predicted molar refractivity (Wildman–Crippen MR) is 87.6 cm³/mol. The fourth-order valence-corrected chi connectivity index (χ4v) is 3.01. The molecule has 1 saturated heterocycles. The average Bonchev–Trinajstić information content (AvgIpc) is 2.84. The van der Waals surface area contributed by atoms with Gasteiger partial charge in [0.1, 0.15) is 5.76 Å². The number of hydrogen-bond donors (Lipinski definition) is 0. The zero-order chi connectivity index (χ0) is 16.1. The second-order valence-electron chi connectivity index (χ2n) is 6.14. The van der Waals surface area contributed by atoms with Crippen LogP contribution in [0.3, 0.4) is 0 Å². The molecule has 23 heavy (non-hydrogen) atoms. The van der Waals surface area contributed by atoms with Crippen molar-refractivity contribution >= 4 is 0 Å². The van der Waals surface area contributed by atoms with Gasteiger partial charge in [-0.25, -0.2) is 0 Å². The highest BCUT2D eigenvalue weighted by Crippen LogP contribution is 2.12. The molecule has 1 fully saturated rings. The molecule has 1 aliphatic rings. The van der Waals surface area contributed by atoms with Crippen molar-refractivity contribution in [1.29, 1.82) is 5.26 Å². The number of hydrogen-bond acceptors (Lipinski definition) is 5. The number of aromatic nitrogens is 1. The molecule has 1 aromatic carbocycles. The van der Waals surface area contributed by atoms with Crippen LogP contribution >= 0.6 is 0 Å². The van der Waals surface area contributed by atoms with Crippen molar-refractivity contribution in [2.45, 2.75) is 26.4 Å². The third kappa shape index (κ3) is 4.41. The zero-order valence-electron chi connectivity index (χ0n) is 13.5. The zero-order valence-corrected chi connectivity index (χ0v) is 13.5. The van der Waals surface area contributed by atoms with Gasteiger partial charge in [-0.1, -0.05) is 17.3 Å². The van der Waals surface area contributed by atoms with E-state index >= 15 is 0 Å². The Morgan fingerprint density at radius 1 is 1.09 bits per heavy atom. The van der Waals surface area contributed by atoms with Crippen molar-refractivity contribution in [1.82, 2.24) is 15.0 Å². The Kier molecular flexibility index (Phi) is 5.06. The van der Waals surface area contributed by atoms with Crippen LogP contribution in [0.15, 0.2) is 34.9 Å². The number of benzene rings is 1. The molecule has 0 unspecified atom stereocenters. The summed E-state index contributed by atoms with van der Waals surface area (Å²) in [7, 11) is 0. The summed E-state index contributed by atoms with van der Waals surface area (Å²) in [5, 5.41) is 12.9. The molecule has 0 aliphatic carbocycles. The van der Waals surface area contributed by atoms with Crippen LogP contribution in [0.5, 0.6) is 0 Å². The summed E-state index contributed by atoms with van der Waals surface area (Å²) in [5.41, 5.74) is 3.01. The number of rotatable bonds is 4. The fourth-order valence-electron chi connectivity index (χ4n) is 3.01. The third-order valence-electron chi connectivity index (χ3n) is 4.23. The molecule has 0 spiro atoms. The van der Waals surface area contributed by atoms with Gasteiger partial charge in [0.25, 0.3) is 0 Å². The lowest BCUT2D eigenvalue weighted by atomic mass is 10.1. The Labute approximate surface area is 137 Å². The van der Waals surface area contributed by atoms with Crippen molar-refractivity contribution in [3.8, 4) is 6.07 Å². The van der Waals surface area contributed by atoms with Crippen molar-refractivity contribution < 1.29 is 4.52 Å². The Morgan fingerprint density at radius 2 is 1.78 bits per heavy atom. The molecule has 0 amide bonds. The highest BCUT2D eigenvalue weighted by atomic mass is 16.5. The summed E-state index contributed by atoms with van der Waals surface area (Å²) in [6.45, 7) is 8.03. The van der Waals surface area contributed by atoms with Crippen molar-refractivity contribution in [3.05, 3.63) is 52.9 Å². The largest absolute Gasteiger partial charge is 0.361 e. The Balaban J connectivity index is 1.52. The molecular formula is C18H22N4O. The first-order valence-corrected chi connectivity index (χ1v) is 8.09. The van der Waals surface area contributed by atoms with Crippen LogP contribution in [0.25, 0.3) is 0 Å². The number of nitriles is 1. The summed E-state index contributed by atoms with van der Waals surface area (Å²) in [4.78, 5) is 4.92. The lowest BCUT2D eigenvalue weighted by Crippen LogP contribution is -2.30. The highest BCUT2D eigenvalue weighted by molar-refractivity contribution is 5.31. The molecule has 3 rings (SSSR count). The summed E-state index contributed by atoms with van der Waals surface area (Å²) >= 11 is 0. The first kappa shape index (κ1) is 15.7. The summed E-state index contributed by atoms with van der Waals surface area (Å²) in [5.74, 6) is 0.872. The molecule has 0 N–H and O–H groups in total. The van der Waals surface area contributed by atoms with Gasteiger partial charge in [0.05, 0.1) is 17.3 Å². The van der Waals surface area contributed by atoms with Gasteiger partial charge in [-0.3, -0.25) is 9.80 Å². The smallest absolute Gasteiger partial charge is 0.133 e. The average molecular weight is 310 g/mol. The monoisotopic (exact) mass is 310 g/mol. The van der Waals surface area contributed by atoms with Gasteiger partial charge in [0.2, 0.25) is 0 Å². The molecule has 0 saturated carbocycles. The van der Waals surface area contributed by atoms with E-state index in [9.17, 15) is 0 Å². The van der Waals surface area contributed by atoms with Crippen LogP contribution in [0.1, 0.15) is 29.0 Å². The summed E-state index contributed by atoms with van der Waals surface area (Å²) in [6.07, 6.45) is 1.16. The first-order valence-electron chi connectivity index (χ1n) is 8.09. The lowest BCUT2D eigenvalue weighted by molar-refractivity contribution is 0.242. The van der Waals surface area contributed by atoms with Gasteiger partial charge in [-0.2, -0.15) is 5.26 Å². The molecule has 2 heterocycles. The van der Waals surface area contributed by atoms with Gasteiger partial charge in [0.15, 0.2) is 0 Å². The van der Waals surface area contributed by atoms with E-state index in [0.717, 1.165) is 62.7 Å². The standard InChI is InChI=1S/C18H22N4O/c1-15-11-18(20-23-15)14-22-8-2-7-21(9-10-22)13-17-5-3-16(12-19)4-6-17/h3-6,11H,2,7-10,13-14H2,1H3. The van der Waals surface area contributed by atoms with Gasteiger partial charge in [-0.15, -0.1) is 0 Å². The molecular weight excluding hydrogens is 288 g/mol. The molecule has 5 nitrogen and oxygen atoms in total. The van der Waals surface area contributed by atoms with Crippen molar-refractivity contribution in [2.75, 3.05) is 26.2 Å². The first-order chi connectivity index (χ1) is 11.2. The molecule has 0 atom stereocenters. The molecule has 1 aromatic heterocycles. The van der Waals surface area contributed by atoms with Crippen LogP contribution < -0.4 is 0 Å². The Morgan fingerprint density at radius 3 is 2.39 bits per heavy atom. The van der Waals surface area contributed by atoms with E-state index < -0.39 is 0 Å². The van der Waals surface area contributed by atoms with Crippen molar-refractivity contribution in [2.24, 2.45) is 0 Å². The van der Waals surface area contributed by atoms with Crippen LogP contribution in [-0.2, 0) is 13.1 Å². The van der Waals surface area contributed by atoms with E-state index in [1.807, 2.05) is 25.1 Å². The van der Waals surface area contributed by atoms with E-state index in [2.05, 4.69) is 33.2 Å². The normalized spacial score (nSPS) is 16.9. The molecule has 1 aliphatic heterocycles. The second-order valence-corrected chi connectivity index (χ2v) is 6.14. The highest BCUT2D eigenvalue weighted by Gasteiger charge is 2.16. The quantitative estimate of drug-likeness (QED) is 0.868. The van der Waals surface area contributed by atoms with Gasteiger partial charge >= 0.3 is 0 Å². The SMILES string of the molecule is Cc1cc(CN2CCCN(Cc3ccc(C#N)cc3)CC2)no1. The summed E-state index contributed by atoms with van der Waals surface area (Å²) in [6, 6.07) is 12.1. The Hall–Kier alpha value is -2.16. The molecule has 0 bridgehead atoms.